The third-order valence-electron chi connectivity index (χ3n) is 5.00. The van der Waals surface area contributed by atoms with Gasteiger partial charge < -0.3 is 0 Å². The van der Waals surface area contributed by atoms with E-state index < -0.39 is 20.0 Å². The molecule has 0 aliphatic heterocycles. The van der Waals surface area contributed by atoms with Gasteiger partial charge in [0.25, 0.3) is 10.0 Å². The highest BCUT2D eigenvalue weighted by molar-refractivity contribution is 7.90. The fourth-order valence-corrected chi connectivity index (χ4v) is 6.02. The zero-order valence-corrected chi connectivity index (χ0v) is 18.8. The maximum absolute atomic E-state index is 13.5. The summed E-state index contributed by atoms with van der Waals surface area (Å²) >= 11 is 0. The maximum Gasteiger partial charge on any atom is 0.267 e. The third kappa shape index (κ3) is 4.67. The Morgan fingerprint density at radius 2 is 1.06 bits per heavy atom. The van der Waals surface area contributed by atoms with Gasteiger partial charge in [0.05, 0.1) is 4.90 Å². The Morgan fingerprint density at radius 3 is 1.56 bits per heavy atom. The van der Waals surface area contributed by atoms with E-state index in [1.54, 1.807) is 18.2 Å². The van der Waals surface area contributed by atoms with Gasteiger partial charge in [-0.1, -0.05) is 78.9 Å². The lowest BCUT2D eigenvalue weighted by Gasteiger charge is -2.22. The number of sulfonamides is 1. The first-order chi connectivity index (χ1) is 15.4. The van der Waals surface area contributed by atoms with Crippen LogP contribution in [0.3, 0.4) is 0 Å². The maximum atomic E-state index is 13.5. The molecule has 0 aliphatic rings. The number of hydrogen-bond donors (Lipinski definition) is 0. The molecule has 0 spiro atoms. The van der Waals surface area contributed by atoms with Crippen molar-refractivity contribution in [3.8, 4) is 0 Å². The van der Waals surface area contributed by atoms with E-state index in [9.17, 15) is 16.8 Å². The predicted molar refractivity (Wildman–Crippen MR) is 123 cm³/mol. The van der Waals surface area contributed by atoms with Crippen LogP contribution in [0.2, 0.25) is 0 Å². The number of benzene rings is 3. The standard InChI is InChI=1S/C24H22N2O4S2/c27-31(28,23-14-8-3-9-15-23)25-17-16-24(20-25)32(29,30)26(18-21-10-4-1-5-11-21)19-22-12-6-2-7-13-22/h1-17,20H,18-19H2. The molecule has 164 valence electrons. The highest BCUT2D eigenvalue weighted by atomic mass is 32.2. The Balaban J connectivity index is 1.70. The second kappa shape index (κ2) is 9.12. The summed E-state index contributed by atoms with van der Waals surface area (Å²) in [6.07, 6.45) is 2.42. The van der Waals surface area contributed by atoms with Gasteiger partial charge in [0.1, 0.15) is 4.90 Å². The summed E-state index contributed by atoms with van der Waals surface area (Å²) in [4.78, 5) is 0.00819. The fourth-order valence-electron chi connectivity index (χ4n) is 3.32. The lowest BCUT2D eigenvalue weighted by molar-refractivity contribution is 0.401. The van der Waals surface area contributed by atoms with Crippen LogP contribution >= 0.6 is 0 Å². The van der Waals surface area contributed by atoms with E-state index in [1.807, 2.05) is 60.7 Å². The molecule has 0 N–H and O–H groups in total. The minimum absolute atomic E-state index is 0.0798. The Kier molecular flexibility index (Phi) is 6.27. The summed E-state index contributed by atoms with van der Waals surface area (Å²) in [5, 5.41) is 0. The second-order valence-electron chi connectivity index (χ2n) is 7.24. The van der Waals surface area contributed by atoms with Gasteiger partial charge >= 0.3 is 0 Å². The van der Waals surface area contributed by atoms with E-state index in [0.29, 0.717) is 0 Å². The van der Waals surface area contributed by atoms with Crippen LogP contribution in [0, 0.1) is 0 Å². The smallest absolute Gasteiger partial charge is 0.248 e. The number of rotatable bonds is 8. The largest absolute Gasteiger partial charge is 0.267 e. The van der Waals surface area contributed by atoms with Gasteiger partial charge in [-0.25, -0.2) is 20.8 Å². The van der Waals surface area contributed by atoms with Crippen LogP contribution in [0.25, 0.3) is 0 Å². The van der Waals surface area contributed by atoms with Crippen molar-refractivity contribution in [1.29, 1.82) is 0 Å². The van der Waals surface area contributed by atoms with E-state index in [1.165, 1.54) is 28.7 Å². The average molecular weight is 467 g/mol. The first-order valence-electron chi connectivity index (χ1n) is 9.94. The molecule has 1 heterocycles. The van der Waals surface area contributed by atoms with Gasteiger partial charge in [0, 0.05) is 25.5 Å². The van der Waals surface area contributed by atoms with Crippen LogP contribution in [0.4, 0.5) is 0 Å². The van der Waals surface area contributed by atoms with Crippen molar-refractivity contribution in [1.82, 2.24) is 8.28 Å². The van der Waals surface area contributed by atoms with Crippen molar-refractivity contribution in [2.45, 2.75) is 22.9 Å². The SMILES string of the molecule is O=S(=O)(c1ccn(S(=O)(=O)c2ccccc2)c1)N(Cc1ccccc1)Cc1ccccc1. The highest BCUT2D eigenvalue weighted by Gasteiger charge is 2.28. The molecule has 0 saturated heterocycles. The molecule has 0 amide bonds. The summed E-state index contributed by atoms with van der Waals surface area (Å²) in [6, 6.07) is 27.8. The van der Waals surface area contributed by atoms with Crippen molar-refractivity contribution in [2.75, 3.05) is 0 Å². The van der Waals surface area contributed by atoms with Crippen LogP contribution in [0.1, 0.15) is 11.1 Å². The normalized spacial score (nSPS) is 12.2. The van der Waals surface area contributed by atoms with Gasteiger partial charge in [0.2, 0.25) is 10.0 Å². The number of hydrogen-bond acceptors (Lipinski definition) is 4. The minimum atomic E-state index is -3.97. The molecule has 32 heavy (non-hydrogen) atoms. The molecule has 4 rings (SSSR count). The van der Waals surface area contributed by atoms with Gasteiger partial charge in [-0.05, 0) is 29.3 Å². The first kappa shape index (κ1) is 22.0. The molecule has 0 saturated carbocycles. The molecular formula is C24H22N2O4S2. The van der Waals surface area contributed by atoms with Crippen molar-refractivity contribution >= 4 is 20.0 Å². The van der Waals surface area contributed by atoms with Gasteiger partial charge in [-0.15, -0.1) is 0 Å². The molecular weight excluding hydrogens is 444 g/mol. The molecule has 0 atom stereocenters. The summed E-state index contributed by atoms with van der Waals surface area (Å²) in [7, 11) is -7.86. The summed E-state index contributed by atoms with van der Waals surface area (Å²) in [5.41, 5.74) is 1.67. The van der Waals surface area contributed by atoms with Gasteiger partial charge in [-0.2, -0.15) is 4.31 Å². The Hall–Kier alpha value is -3.20. The fraction of sp³-hybridized carbons (Fsp3) is 0.0833. The lowest BCUT2D eigenvalue weighted by Crippen LogP contribution is -2.30. The Bertz CT molecular complexity index is 1340. The molecule has 0 aliphatic carbocycles. The average Bonchev–Trinajstić information content (AvgIpc) is 3.33. The molecule has 6 nitrogen and oxygen atoms in total. The van der Waals surface area contributed by atoms with Crippen molar-refractivity contribution in [2.24, 2.45) is 0 Å². The molecule has 1 aromatic heterocycles. The van der Waals surface area contributed by atoms with E-state index in [2.05, 4.69) is 0 Å². The molecule has 0 bridgehead atoms. The molecule has 0 unspecified atom stereocenters. The van der Waals surface area contributed by atoms with Crippen molar-refractivity contribution in [3.05, 3.63) is 121 Å². The lowest BCUT2D eigenvalue weighted by atomic mass is 10.2. The van der Waals surface area contributed by atoms with Crippen molar-refractivity contribution in [3.63, 3.8) is 0 Å². The van der Waals surface area contributed by atoms with Crippen LogP contribution in [-0.2, 0) is 33.1 Å². The number of aromatic nitrogens is 1. The van der Waals surface area contributed by atoms with Crippen LogP contribution in [-0.4, -0.2) is 25.1 Å². The van der Waals surface area contributed by atoms with Crippen LogP contribution in [0.15, 0.2) is 119 Å². The Morgan fingerprint density at radius 1 is 0.594 bits per heavy atom. The van der Waals surface area contributed by atoms with E-state index in [0.717, 1.165) is 21.3 Å². The molecule has 4 aromatic rings. The minimum Gasteiger partial charge on any atom is -0.248 e. The topological polar surface area (TPSA) is 76.5 Å². The number of nitrogens with zero attached hydrogens (tertiary/aromatic N) is 2. The highest BCUT2D eigenvalue weighted by Crippen LogP contribution is 2.23. The van der Waals surface area contributed by atoms with E-state index >= 15 is 0 Å². The van der Waals surface area contributed by atoms with Crippen LogP contribution < -0.4 is 0 Å². The van der Waals surface area contributed by atoms with Gasteiger partial charge in [-0.3, -0.25) is 0 Å². The zero-order chi connectivity index (χ0) is 22.6. The summed E-state index contributed by atoms with van der Waals surface area (Å²) in [5.74, 6) is 0. The molecule has 8 heteroatoms. The van der Waals surface area contributed by atoms with E-state index in [4.69, 9.17) is 0 Å². The van der Waals surface area contributed by atoms with Crippen molar-refractivity contribution < 1.29 is 16.8 Å². The molecule has 0 fully saturated rings. The van der Waals surface area contributed by atoms with E-state index in [-0.39, 0.29) is 22.9 Å². The second-order valence-corrected chi connectivity index (χ2v) is 11.0. The summed E-state index contributed by atoms with van der Waals surface area (Å²) < 4.78 is 55.1. The quantitative estimate of drug-likeness (QED) is 0.392. The predicted octanol–water partition coefficient (Wildman–Crippen LogP) is 4.12. The van der Waals surface area contributed by atoms with Gasteiger partial charge in [0.15, 0.2) is 0 Å². The Labute approximate surface area is 188 Å². The third-order valence-corrected chi connectivity index (χ3v) is 8.43. The summed E-state index contributed by atoms with van der Waals surface area (Å²) in [6.45, 7) is 0.323. The first-order valence-corrected chi connectivity index (χ1v) is 12.8. The van der Waals surface area contributed by atoms with Crippen LogP contribution in [0.5, 0.6) is 0 Å². The molecule has 3 aromatic carbocycles. The monoisotopic (exact) mass is 466 g/mol. The molecule has 0 radical (unpaired) electrons. The zero-order valence-electron chi connectivity index (χ0n) is 17.2.